The van der Waals surface area contributed by atoms with Gasteiger partial charge in [-0.05, 0) is 18.8 Å². The minimum absolute atomic E-state index is 0. The van der Waals surface area contributed by atoms with Crippen LogP contribution in [0.1, 0.15) is 19.3 Å². The first-order chi connectivity index (χ1) is 4.33. The zero-order chi connectivity index (χ0) is 6.69. The third-order valence-electron chi connectivity index (χ3n) is 1.38. The molecule has 1 aliphatic carbocycles. The molecule has 5 heteroatoms. The van der Waals surface area contributed by atoms with Crippen molar-refractivity contribution in [2.45, 2.75) is 19.3 Å². The van der Waals surface area contributed by atoms with E-state index in [4.69, 9.17) is 0 Å². The van der Waals surface area contributed by atoms with E-state index in [-0.39, 0.29) is 71.0 Å². The van der Waals surface area contributed by atoms with Crippen molar-refractivity contribution in [1.82, 2.24) is 0 Å². The molecule has 0 saturated heterocycles. The van der Waals surface area contributed by atoms with Gasteiger partial charge in [0.2, 0.25) is 0 Å². The molecule has 2 nitrogen and oxygen atoms in total. The van der Waals surface area contributed by atoms with Crippen LogP contribution < -0.4 is 0 Å². The fraction of sp³-hybridized carbons (Fsp3) is 0.833. The molecule has 0 aromatic heterocycles. The number of carbonyl (C=O) groups is 1. The van der Waals surface area contributed by atoms with Gasteiger partial charge in [-0.25, -0.2) is 0 Å². The maximum absolute atomic E-state index is 10.6. The van der Waals surface area contributed by atoms with E-state index in [1.54, 1.807) is 0 Å². The summed E-state index contributed by atoms with van der Waals surface area (Å²) in [5.74, 6) is 0.732. The van der Waals surface area contributed by atoms with Crippen LogP contribution in [0.15, 0.2) is 0 Å². The summed E-state index contributed by atoms with van der Waals surface area (Å²) in [5.41, 5.74) is 0. The number of carbonyl (C=O) groups excluding carboxylic acids is 1. The van der Waals surface area contributed by atoms with Crippen LogP contribution in [-0.2, 0) is 9.53 Å². The predicted octanol–water partition coefficient (Wildman–Crippen LogP) is -0.0800. The summed E-state index contributed by atoms with van der Waals surface area (Å²) in [6.07, 6.45) is 2.99. The Morgan fingerprint density at radius 2 is 2.00 bits per heavy atom. The minimum atomic E-state index is -0.104. The van der Waals surface area contributed by atoms with E-state index < -0.39 is 0 Å². The van der Waals surface area contributed by atoms with Crippen LogP contribution in [0.4, 0.5) is 0 Å². The number of rotatable bonds is 3. The summed E-state index contributed by atoms with van der Waals surface area (Å²) in [6.45, 7) is 0. The van der Waals surface area contributed by atoms with Crippen molar-refractivity contribution in [1.29, 1.82) is 0 Å². The van der Waals surface area contributed by atoms with Crippen molar-refractivity contribution >= 4 is 77.7 Å². The summed E-state index contributed by atoms with van der Waals surface area (Å²) >= 11 is 3.76. The fourth-order valence-electron chi connectivity index (χ4n) is 0.689. The van der Waals surface area contributed by atoms with Crippen LogP contribution in [0.5, 0.6) is 0 Å². The van der Waals surface area contributed by atoms with Gasteiger partial charge in [-0.3, -0.25) is 4.79 Å². The molecule has 0 aromatic rings. The van der Waals surface area contributed by atoms with Crippen molar-refractivity contribution in [3.8, 4) is 0 Å². The number of ether oxygens (including phenoxy) is 1. The Bertz CT molecular complexity index is 117. The summed E-state index contributed by atoms with van der Waals surface area (Å²) in [4.78, 5) is 10.6. The van der Waals surface area contributed by atoms with E-state index in [1.807, 2.05) is 0 Å². The van der Waals surface area contributed by atoms with Gasteiger partial charge in [0.1, 0.15) is 5.94 Å². The molecule has 1 rings (SSSR count). The maximum atomic E-state index is 10.6. The molecule has 0 spiro atoms. The Labute approximate surface area is 117 Å². The van der Waals surface area contributed by atoms with Crippen LogP contribution in [0.25, 0.3) is 0 Å². The third kappa shape index (κ3) is 8.16. The van der Waals surface area contributed by atoms with E-state index in [0.29, 0.717) is 12.3 Å². The van der Waals surface area contributed by atoms with Gasteiger partial charge in [0.25, 0.3) is 0 Å². The molecule has 0 amide bonds. The van der Waals surface area contributed by atoms with Crippen molar-refractivity contribution in [2.75, 3.05) is 5.94 Å². The zero-order valence-electron chi connectivity index (χ0n) is 5.17. The molecule has 1 saturated carbocycles. The van der Waals surface area contributed by atoms with Crippen LogP contribution in [0.3, 0.4) is 0 Å². The third-order valence-corrected chi connectivity index (χ3v) is 1.51. The molecular weight excluding hydrogens is 182 g/mol. The standard InChI is InChI=1S/C6H10O2S.2Na.2H/c7-6(8-4-9)3-5-1-2-5;;;;/h5,9H,1-4H2;;;;. The quantitative estimate of drug-likeness (QED) is 0.294. The van der Waals surface area contributed by atoms with Crippen LogP contribution in [0.2, 0.25) is 0 Å². The molecule has 0 unspecified atom stereocenters. The normalized spacial score (nSPS) is 14.3. The molecule has 1 fully saturated rings. The summed E-state index contributed by atoms with van der Waals surface area (Å²) in [7, 11) is 0. The van der Waals surface area contributed by atoms with Gasteiger partial charge >= 0.3 is 65.1 Å². The second-order valence-corrected chi connectivity index (χ2v) is 2.55. The average molecular weight is 194 g/mol. The molecule has 0 aromatic carbocycles. The summed E-state index contributed by atoms with van der Waals surface area (Å²) in [5, 5.41) is 0. The van der Waals surface area contributed by atoms with Crippen molar-refractivity contribution in [2.24, 2.45) is 5.92 Å². The SMILES string of the molecule is O=C(CC1CC1)OCS.[NaH].[NaH]. The zero-order valence-corrected chi connectivity index (χ0v) is 6.06. The first-order valence-electron chi connectivity index (χ1n) is 3.09. The van der Waals surface area contributed by atoms with Gasteiger partial charge in [-0.1, -0.05) is 0 Å². The monoisotopic (exact) mass is 194 g/mol. The Morgan fingerprint density at radius 3 is 2.36 bits per heavy atom. The van der Waals surface area contributed by atoms with E-state index in [1.165, 1.54) is 12.8 Å². The first-order valence-corrected chi connectivity index (χ1v) is 3.72. The molecule has 0 aliphatic heterocycles. The number of hydrogen-bond donors (Lipinski definition) is 1. The molecule has 0 heterocycles. The second kappa shape index (κ2) is 8.42. The number of hydrogen-bond acceptors (Lipinski definition) is 3. The van der Waals surface area contributed by atoms with E-state index in [0.717, 1.165) is 0 Å². The Hall–Kier alpha value is 1.82. The molecule has 0 radical (unpaired) electrons. The molecular formula is C6H12Na2O2S. The van der Waals surface area contributed by atoms with Crippen LogP contribution in [0, 0.1) is 5.92 Å². The topological polar surface area (TPSA) is 26.3 Å². The van der Waals surface area contributed by atoms with Gasteiger partial charge in [0.05, 0.1) is 0 Å². The Kier molecular flexibility index (Phi) is 11.7. The average Bonchev–Trinajstić information content (AvgIpc) is 2.50. The molecule has 11 heavy (non-hydrogen) atoms. The Balaban J connectivity index is 0. The van der Waals surface area contributed by atoms with E-state index in [9.17, 15) is 4.79 Å². The fourth-order valence-corrected chi connectivity index (χ4v) is 0.833. The Morgan fingerprint density at radius 1 is 1.45 bits per heavy atom. The summed E-state index contributed by atoms with van der Waals surface area (Å²) in [6, 6.07) is 0. The molecule has 0 atom stereocenters. The molecule has 0 N–H and O–H groups in total. The molecule has 0 bridgehead atoms. The van der Waals surface area contributed by atoms with Gasteiger partial charge in [-0.15, -0.1) is 12.6 Å². The van der Waals surface area contributed by atoms with Crippen molar-refractivity contribution in [3.05, 3.63) is 0 Å². The summed E-state index contributed by atoms with van der Waals surface area (Å²) < 4.78 is 4.62. The molecule has 1 aliphatic rings. The van der Waals surface area contributed by atoms with Gasteiger partial charge in [-0.2, -0.15) is 0 Å². The predicted molar refractivity (Wildman–Crippen MR) is 51.6 cm³/mol. The van der Waals surface area contributed by atoms with Crippen molar-refractivity contribution in [3.63, 3.8) is 0 Å². The van der Waals surface area contributed by atoms with Gasteiger partial charge in [0, 0.05) is 6.42 Å². The second-order valence-electron chi connectivity index (χ2n) is 2.29. The number of thiol groups is 1. The van der Waals surface area contributed by atoms with Gasteiger partial charge < -0.3 is 4.74 Å². The van der Waals surface area contributed by atoms with Gasteiger partial charge in [0.15, 0.2) is 0 Å². The van der Waals surface area contributed by atoms with Crippen LogP contribution >= 0.6 is 12.6 Å². The van der Waals surface area contributed by atoms with E-state index >= 15 is 0 Å². The first kappa shape index (κ1) is 15.3. The molecule has 56 valence electrons. The van der Waals surface area contributed by atoms with Crippen LogP contribution in [-0.4, -0.2) is 71.0 Å². The van der Waals surface area contributed by atoms with Crippen molar-refractivity contribution < 1.29 is 9.53 Å². The number of esters is 1. The van der Waals surface area contributed by atoms with E-state index in [2.05, 4.69) is 17.4 Å².